The highest BCUT2D eigenvalue weighted by atomic mass is 16.6. The third kappa shape index (κ3) is 33.8. The topological polar surface area (TPSA) is 372 Å². The van der Waals surface area contributed by atoms with Gasteiger partial charge in [0.1, 0.15) is 47.4 Å². The van der Waals surface area contributed by atoms with Crippen molar-refractivity contribution in [3.8, 4) is 23.0 Å². The smallest absolute Gasteiger partial charge is 0.341 e. The number of benzene rings is 4. The highest BCUT2D eigenvalue weighted by Crippen LogP contribution is 2.54. The maximum atomic E-state index is 12.3. The molecular weight excluding hydrogens is 1690 g/mol. The molecule has 742 valence electrons. The fraction of sp³-hybridized carbons (Fsp3) is 0.706. The number of fused-ring (bicyclic) bond motifs is 8. The normalized spacial score (nSPS) is 24.5. The number of carbonyl (C=O) groups excluding carboxylic acids is 4. The number of aliphatic hydroxyl groups is 4. The van der Waals surface area contributed by atoms with Crippen LogP contribution >= 0.6 is 0 Å². The van der Waals surface area contributed by atoms with E-state index in [0.29, 0.717) is 96.0 Å². The molecular formula is C109H162O24. The zero-order valence-electron chi connectivity index (χ0n) is 81.4. The molecule has 0 unspecified atom stereocenters. The van der Waals surface area contributed by atoms with E-state index in [1.165, 1.54) is 22.3 Å². The summed E-state index contributed by atoms with van der Waals surface area (Å²) in [5, 5.41) is 79.6. The number of carboxylic acids is 4. The lowest BCUT2D eigenvalue weighted by Crippen LogP contribution is -2.29. The van der Waals surface area contributed by atoms with Crippen LogP contribution in [0.2, 0.25) is 0 Å². The van der Waals surface area contributed by atoms with Crippen molar-refractivity contribution >= 4 is 47.8 Å². The van der Waals surface area contributed by atoms with Crippen molar-refractivity contribution in [2.24, 2.45) is 76.9 Å². The summed E-state index contributed by atoms with van der Waals surface area (Å²) in [7, 11) is 0. The van der Waals surface area contributed by atoms with E-state index in [2.05, 4.69) is 58.9 Å². The van der Waals surface area contributed by atoms with Gasteiger partial charge in [-0.2, -0.15) is 0 Å². The summed E-state index contributed by atoms with van der Waals surface area (Å²) < 4.78 is 45.4. The monoisotopic (exact) mass is 1860 g/mol. The predicted octanol–water partition coefficient (Wildman–Crippen LogP) is 20.0. The van der Waals surface area contributed by atoms with E-state index in [4.69, 9.17) is 58.3 Å². The Morgan fingerprint density at radius 2 is 0.564 bits per heavy atom. The van der Waals surface area contributed by atoms with Crippen molar-refractivity contribution in [3.05, 3.63) is 117 Å². The zero-order chi connectivity index (χ0) is 96.0. The molecule has 24 heteroatoms. The highest BCUT2D eigenvalue weighted by molar-refractivity contribution is 5.72. The fourth-order valence-electron chi connectivity index (χ4n) is 23.2. The number of carboxylic acid groups (broad SMARTS) is 4. The van der Waals surface area contributed by atoms with E-state index in [9.17, 15) is 58.8 Å². The summed E-state index contributed by atoms with van der Waals surface area (Å²) in [5.74, 6) is 2.37. The molecule has 0 spiro atoms. The molecule has 0 saturated heterocycles. The first-order valence-corrected chi connectivity index (χ1v) is 51.4. The van der Waals surface area contributed by atoms with Gasteiger partial charge < -0.3 is 78.7 Å². The van der Waals surface area contributed by atoms with Crippen LogP contribution in [0.1, 0.15) is 332 Å². The molecule has 4 aromatic carbocycles. The second kappa shape index (κ2) is 56.4. The Morgan fingerprint density at radius 3 is 0.805 bits per heavy atom. The Kier molecular flexibility index (Phi) is 45.9. The molecule has 0 heterocycles. The van der Waals surface area contributed by atoms with Crippen LogP contribution in [0.15, 0.2) is 72.8 Å². The zero-order valence-corrected chi connectivity index (χ0v) is 81.4. The van der Waals surface area contributed by atoms with E-state index in [-0.39, 0.29) is 129 Å². The van der Waals surface area contributed by atoms with Crippen LogP contribution in [0.4, 0.5) is 0 Å². The quantitative estimate of drug-likeness (QED) is 0.0116. The van der Waals surface area contributed by atoms with Crippen LogP contribution in [0, 0.1) is 76.9 Å². The van der Waals surface area contributed by atoms with Gasteiger partial charge in [0, 0.05) is 25.7 Å². The van der Waals surface area contributed by atoms with E-state index in [1.807, 2.05) is 76.2 Å². The van der Waals surface area contributed by atoms with Gasteiger partial charge >= 0.3 is 47.8 Å². The number of ether oxygens (including phenoxy) is 8. The molecule has 133 heavy (non-hydrogen) atoms. The molecule has 24 nitrogen and oxygen atoms in total. The first-order valence-electron chi connectivity index (χ1n) is 51.4. The number of hydrogen-bond acceptors (Lipinski definition) is 20. The number of esters is 4. The Morgan fingerprint density at radius 1 is 0.308 bits per heavy atom. The van der Waals surface area contributed by atoms with Gasteiger partial charge in [-0.1, -0.05) is 169 Å². The number of aliphatic carboxylic acids is 4. The molecule has 8 N–H and O–H groups in total. The largest absolute Gasteiger partial charge is 0.482 e. The first-order chi connectivity index (χ1) is 64.0. The van der Waals surface area contributed by atoms with Crippen molar-refractivity contribution in [3.63, 3.8) is 0 Å². The summed E-state index contributed by atoms with van der Waals surface area (Å²) in [5.41, 5.74) is 9.19. The molecule has 0 radical (unpaired) electrons. The number of carbonyl (C=O) groups is 8. The third-order valence-corrected chi connectivity index (χ3v) is 29.8. The first kappa shape index (κ1) is 108. The number of rotatable bonds is 52. The van der Waals surface area contributed by atoms with Gasteiger partial charge in [-0.05, 0) is 338 Å². The van der Waals surface area contributed by atoms with Crippen LogP contribution in [-0.2, 0) is 109 Å². The molecule has 20 atom stereocenters. The Balaban J connectivity index is 0.000000199. The molecule has 0 amide bonds. The lowest BCUT2D eigenvalue weighted by molar-refractivity contribution is -0.151. The highest BCUT2D eigenvalue weighted by Gasteiger charge is 2.50. The molecule has 0 aliphatic heterocycles. The average molecular weight is 1860 g/mol. The van der Waals surface area contributed by atoms with Crippen LogP contribution in [0.25, 0.3) is 0 Å². The van der Waals surface area contributed by atoms with E-state index >= 15 is 0 Å². The van der Waals surface area contributed by atoms with Gasteiger partial charge in [0.25, 0.3) is 0 Å². The van der Waals surface area contributed by atoms with E-state index in [0.717, 1.165) is 273 Å². The Bertz CT molecular complexity index is 4250. The molecule has 4 fully saturated rings. The van der Waals surface area contributed by atoms with Crippen LogP contribution in [0.5, 0.6) is 23.0 Å². The van der Waals surface area contributed by atoms with Gasteiger partial charge in [-0.3, -0.25) is 19.2 Å². The number of aliphatic hydroxyl groups excluding tert-OH is 4. The van der Waals surface area contributed by atoms with Gasteiger partial charge in [0.2, 0.25) is 0 Å². The van der Waals surface area contributed by atoms with E-state index < -0.39 is 23.9 Å². The maximum absolute atomic E-state index is 12.3. The van der Waals surface area contributed by atoms with Crippen LogP contribution in [0.3, 0.4) is 0 Å². The summed E-state index contributed by atoms with van der Waals surface area (Å²) in [6.07, 6.45) is 36.2. The molecule has 0 aromatic heterocycles. The summed E-state index contributed by atoms with van der Waals surface area (Å²) in [6, 6.07) is 23.5. The van der Waals surface area contributed by atoms with Gasteiger partial charge in [0.05, 0.1) is 24.4 Å². The summed E-state index contributed by atoms with van der Waals surface area (Å²) in [6.45, 7) is 17.3. The second-order valence-electron chi connectivity index (χ2n) is 40.0. The molecule has 4 aromatic rings. The van der Waals surface area contributed by atoms with Gasteiger partial charge in [0.15, 0.2) is 26.4 Å². The minimum Gasteiger partial charge on any atom is -0.482 e. The second-order valence-corrected chi connectivity index (χ2v) is 40.0. The summed E-state index contributed by atoms with van der Waals surface area (Å²) in [4.78, 5) is 92.4. The third-order valence-electron chi connectivity index (χ3n) is 29.8. The van der Waals surface area contributed by atoms with Gasteiger partial charge in [-0.15, -0.1) is 0 Å². The van der Waals surface area contributed by atoms with Crippen LogP contribution in [-0.4, -0.2) is 164 Å². The predicted molar refractivity (Wildman–Crippen MR) is 510 cm³/mol. The lowest BCUT2D eigenvalue weighted by atomic mass is 9.73. The summed E-state index contributed by atoms with van der Waals surface area (Å²) >= 11 is 0. The average Bonchev–Trinajstić information content (AvgIpc) is 1.66. The molecule has 0 bridgehead atoms. The van der Waals surface area contributed by atoms with Gasteiger partial charge in [-0.25, -0.2) is 19.2 Å². The minimum absolute atomic E-state index is 0.0611. The van der Waals surface area contributed by atoms with Crippen molar-refractivity contribution in [1.82, 2.24) is 0 Å². The fourth-order valence-corrected chi connectivity index (χ4v) is 23.2. The Hall–Kier alpha value is -8.32. The van der Waals surface area contributed by atoms with Crippen molar-refractivity contribution in [2.75, 3.05) is 26.4 Å². The van der Waals surface area contributed by atoms with Crippen molar-refractivity contribution in [1.29, 1.82) is 0 Å². The maximum Gasteiger partial charge on any atom is 0.341 e. The molecule has 8 aliphatic rings. The minimum atomic E-state index is -0.982. The number of hydrogen-bond donors (Lipinski definition) is 8. The lowest BCUT2D eigenvalue weighted by Gasteiger charge is -2.32. The number of unbranched alkanes of at least 4 members (excludes halogenated alkanes) is 9. The standard InChI is InChI=1S/2C28H42O6.C27H40O6.C26H38O6/c1-4-5-6-9-21(34-28(32)13-18(2)3)11-12-22-23-14-19-8-7-10-26(33-17-27(30)31)24(19)15-20(23)16-25(22)29;1-3-5-7-10-21(34-28(32)12-6-4-2)13-14-22-23-15-19-9-8-11-26(33-18-27(30)31)24(19)16-20(23)17-25(22)29;1-3-5-6-10-20(33-27(31)8-4-2)12-13-21-22-14-18-9-7-11-25(32-17-26(29)30)23(18)15-19(22)16-24(21)28;1-3-5-6-9-19(32-26(30)4-2)11-12-20-21-13-17-8-7-10-24(31-16-25(28)29)22(17)14-18(21)15-23(20)27/h7-8,10,18,20-23,25,29H,4-6,9,11-17H2,1-3H3,(H,30,31);8-9,11,20-23,25,29H,3-7,10,12-18H2,1-2H3,(H,30,31);7,9,11,19-22,24,28H,3-6,8,10,12-17H2,1-2H3,(H,29,30);7-8,10,18-21,23,27H,3-6,9,11-16H2,1-2H3,(H,28,29)/t2*20-,21-,22+,23-,25+;19-,20-,21+,22-,24+;18-,19-,20+,21-,23+/m0000/s1. The SMILES string of the molecule is CCCCC[C@@H](CC[C@@H]1[C@H]2Cc3cccc(OCC(=O)O)c3C[C@H]2C[C@H]1O)OC(=O)CC.CCCCC[C@@H](CC[C@@H]1[C@H]2Cc3cccc(OCC(=O)O)c3C[C@H]2C[C@H]1O)OC(=O)CC(C)C.CCCCC[C@@H](CC[C@@H]1[C@H]2Cc3cccc(OCC(=O)O)c3C[C@H]2C[C@H]1O)OC(=O)CCC.CCCCC[C@@H](CC[C@@H]1[C@H]2Cc3cccc(OCC(=O)O)c3C[C@H]2C[C@H]1O)OC(=O)CCCC. The molecule has 8 aliphatic carbocycles. The Labute approximate surface area is 791 Å². The van der Waals surface area contributed by atoms with Crippen molar-refractivity contribution < 1.29 is 117 Å². The van der Waals surface area contributed by atoms with Crippen molar-refractivity contribution in [2.45, 2.75) is 387 Å². The molecule has 4 saturated carbocycles. The van der Waals surface area contributed by atoms with E-state index in [1.54, 1.807) is 0 Å². The van der Waals surface area contributed by atoms with Crippen LogP contribution < -0.4 is 18.9 Å². The molecule has 12 rings (SSSR count).